The van der Waals surface area contributed by atoms with Gasteiger partial charge in [0.1, 0.15) is 6.07 Å². The Balaban J connectivity index is 2.02. The highest BCUT2D eigenvalue weighted by atomic mass is 35.5. The van der Waals surface area contributed by atoms with Gasteiger partial charge >= 0.3 is 6.03 Å². The molecule has 0 aromatic heterocycles. The van der Waals surface area contributed by atoms with Gasteiger partial charge in [0, 0.05) is 12.0 Å². The van der Waals surface area contributed by atoms with Gasteiger partial charge in [-0.15, -0.1) is 0 Å². The lowest BCUT2D eigenvalue weighted by atomic mass is 9.84. The minimum atomic E-state index is -0.370. The van der Waals surface area contributed by atoms with Gasteiger partial charge in [0.25, 0.3) is 0 Å². The van der Waals surface area contributed by atoms with Crippen molar-refractivity contribution in [2.24, 2.45) is 0 Å². The van der Waals surface area contributed by atoms with Gasteiger partial charge in [-0.1, -0.05) is 55.2 Å². The highest BCUT2D eigenvalue weighted by molar-refractivity contribution is 6.42. The Hall–Kier alpha value is -2.22. The van der Waals surface area contributed by atoms with Gasteiger partial charge in [-0.05, 0) is 29.8 Å². The Bertz CT molecular complexity index is 797. The molecular weight excluding hydrogens is 345 g/mol. The molecule has 0 aliphatic rings. The van der Waals surface area contributed by atoms with Crippen molar-refractivity contribution in [1.29, 1.82) is 5.26 Å². The largest absolute Gasteiger partial charge is 0.337 e. The summed E-state index contributed by atoms with van der Waals surface area (Å²) in [4.78, 5) is 12.1. The second-order valence-electron chi connectivity index (χ2n) is 5.98. The molecule has 124 valence electrons. The molecule has 24 heavy (non-hydrogen) atoms. The Labute approximate surface area is 151 Å². The maximum absolute atomic E-state index is 12.1. The summed E-state index contributed by atoms with van der Waals surface area (Å²) < 4.78 is 0. The quantitative estimate of drug-likeness (QED) is 0.807. The van der Waals surface area contributed by atoms with Gasteiger partial charge in [-0.25, -0.2) is 4.79 Å². The zero-order chi connectivity index (χ0) is 17.7. The van der Waals surface area contributed by atoms with Crippen LogP contribution in [0.15, 0.2) is 42.5 Å². The van der Waals surface area contributed by atoms with Gasteiger partial charge in [-0.3, -0.25) is 0 Å². The molecule has 0 fully saturated rings. The maximum Gasteiger partial charge on any atom is 0.319 e. The number of hydrogen-bond acceptors (Lipinski definition) is 2. The van der Waals surface area contributed by atoms with Crippen molar-refractivity contribution in [3.05, 3.63) is 63.6 Å². The Morgan fingerprint density at radius 2 is 1.88 bits per heavy atom. The number of urea groups is 1. The number of para-hydroxylation sites is 1. The zero-order valence-electron chi connectivity index (χ0n) is 13.4. The molecule has 0 bridgehead atoms. The third-order valence-electron chi connectivity index (χ3n) is 3.69. The maximum atomic E-state index is 12.1. The van der Waals surface area contributed by atoms with Crippen LogP contribution in [0.5, 0.6) is 0 Å². The summed E-state index contributed by atoms with van der Waals surface area (Å²) in [5.74, 6) is 0. The number of amides is 2. The van der Waals surface area contributed by atoms with E-state index in [0.29, 0.717) is 27.8 Å². The number of nitrogens with one attached hydrogen (secondary N) is 2. The lowest BCUT2D eigenvalue weighted by Gasteiger charge is -2.26. The molecule has 0 spiro atoms. The van der Waals surface area contributed by atoms with Crippen molar-refractivity contribution < 1.29 is 4.79 Å². The number of hydrogen-bond donors (Lipinski definition) is 2. The van der Waals surface area contributed by atoms with Crippen LogP contribution in [0.25, 0.3) is 0 Å². The molecule has 2 amide bonds. The molecule has 6 heteroatoms. The molecule has 0 unspecified atom stereocenters. The number of nitrogens with zero attached hydrogens (tertiary/aromatic N) is 1. The van der Waals surface area contributed by atoms with E-state index in [1.54, 1.807) is 36.4 Å². The van der Waals surface area contributed by atoms with Crippen LogP contribution in [0.2, 0.25) is 10.0 Å². The predicted octanol–water partition coefficient (Wildman–Crippen LogP) is 4.96. The molecule has 0 radical (unpaired) electrons. The minimum Gasteiger partial charge on any atom is -0.337 e. The average molecular weight is 362 g/mol. The molecule has 4 nitrogen and oxygen atoms in total. The van der Waals surface area contributed by atoms with Crippen molar-refractivity contribution in [1.82, 2.24) is 5.32 Å². The highest BCUT2D eigenvalue weighted by Crippen LogP contribution is 2.29. The molecule has 0 atom stereocenters. The number of carbonyl (C=O) groups excluding carboxylic acids is 1. The first kappa shape index (κ1) is 18.1. The molecule has 0 saturated carbocycles. The summed E-state index contributed by atoms with van der Waals surface area (Å²) in [6.07, 6.45) is 0. The third kappa shape index (κ3) is 4.41. The highest BCUT2D eigenvalue weighted by Gasteiger charge is 2.22. The number of nitriles is 1. The lowest BCUT2D eigenvalue weighted by molar-refractivity contribution is 0.249. The first-order valence-electron chi connectivity index (χ1n) is 7.33. The van der Waals surface area contributed by atoms with Crippen LogP contribution in [0.3, 0.4) is 0 Å². The van der Waals surface area contributed by atoms with Crippen molar-refractivity contribution >= 4 is 34.9 Å². The van der Waals surface area contributed by atoms with E-state index in [1.807, 2.05) is 26.0 Å². The van der Waals surface area contributed by atoms with Crippen molar-refractivity contribution in [2.75, 3.05) is 11.9 Å². The summed E-state index contributed by atoms with van der Waals surface area (Å²) in [6.45, 7) is 4.39. The van der Waals surface area contributed by atoms with Crippen LogP contribution >= 0.6 is 23.2 Å². The summed E-state index contributed by atoms with van der Waals surface area (Å²) >= 11 is 12.0. The average Bonchev–Trinajstić information content (AvgIpc) is 2.56. The number of halogens is 2. The fraction of sp³-hybridized carbons (Fsp3) is 0.222. The van der Waals surface area contributed by atoms with E-state index in [0.717, 1.165) is 5.56 Å². The summed E-state index contributed by atoms with van der Waals surface area (Å²) in [6, 6.07) is 13.9. The van der Waals surface area contributed by atoms with Gasteiger partial charge < -0.3 is 10.6 Å². The van der Waals surface area contributed by atoms with E-state index in [9.17, 15) is 4.79 Å². The van der Waals surface area contributed by atoms with Gasteiger partial charge in [-0.2, -0.15) is 5.26 Å². The fourth-order valence-corrected chi connectivity index (χ4v) is 2.47. The molecule has 2 N–H and O–H groups in total. The standard InChI is InChI=1S/C18H17Cl2N3O/c1-18(2,13-7-8-14(19)15(20)9-13)11-22-17(24)23-16-6-4-3-5-12(16)10-21/h3-9H,11H2,1-2H3,(H2,22,23,24). The fourth-order valence-electron chi connectivity index (χ4n) is 2.18. The van der Waals surface area contributed by atoms with E-state index in [-0.39, 0.29) is 11.4 Å². The first-order valence-corrected chi connectivity index (χ1v) is 8.08. The molecule has 2 aromatic rings. The van der Waals surface area contributed by atoms with Crippen molar-refractivity contribution in [2.45, 2.75) is 19.3 Å². The normalized spacial score (nSPS) is 10.8. The molecule has 0 aliphatic carbocycles. The molecule has 2 rings (SSSR count). The monoisotopic (exact) mass is 361 g/mol. The van der Waals surface area contributed by atoms with Crippen LogP contribution in [0.1, 0.15) is 25.0 Å². The van der Waals surface area contributed by atoms with Gasteiger partial charge in [0.15, 0.2) is 0 Å². The molecular formula is C18H17Cl2N3O. The van der Waals surface area contributed by atoms with Crippen LogP contribution in [-0.4, -0.2) is 12.6 Å². The molecule has 0 heterocycles. The van der Waals surface area contributed by atoms with Gasteiger partial charge in [0.2, 0.25) is 0 Å². The second-order valence-corrected chi connectivity index (χ2v) is 6.79. The van der Waals surface area contributed by atoms with Crippen LogP contribution in [-0.2, 0) is 5.41 Å². The van der Waals surface area contributed by atoms with E-state index in [2.05, 4.69) is 10.6 Å². The number of rotatable bonds is 4. The van der Waals surface area contributed by atoms with E-state index in [4.69, 9.17) is 28.5 Å². The lowest BCUT2D eigenvalue weighted by Crippen LogP contribution is -2.39. The SMILES string of the molecule is CC(C)(CNC(=O)Nc1ccccc1C#N)c1ccc(Cl)c(Cl)c1. The second kappa shape index (κ2) is 7.57. The van der Waals surface area contributed by atoms with Gasteiger partial charge in [0.05, 0.1) is 21.3 Å². The zero-order valence-corrected chi connectivity index (χ0v) is 14.9. The number of anilines is 1. The smallest absolute Gasteiger partial charge is 0.319 e. The molecule has 0 saturated heterocycles. The van der Waals surface area contributed by atoms with Crippen LogP contribution in [0.4, 0.5) is 10.5 Å². The third-order valence-corrected chi connectivity index (χ3v) is 4.43. The van der Waals surface area contributed by atoms with E-state index >= 15 is 0 Å². The first-order chi connectivity index (χ1) is 11.3. The van der Waals surface area contributed by atoms with E-state index in [1.165, 1.54) is 0 Å². The number of benzene rings is 2. The van der Waals surface area contributed by atoms with E-state index < -0.39 is 0 Å². The van der Waals surface area contributed by atoms with Crippen molar-refractivity contribution in [3.8, 4) is 6.07 Å². The van der Waals surface area contributed by atoms with Crippen molar-refractivity contribution in [3.63, 3.8) is 0 Å². The Morgan fingerprint density at radius 1 is 1.17 bits per heavy atom. The minimum absolute atomic E-state index is 0.333. The topological polar surface area (TPSA) is 64.9 Å². The van der Waals surface area contributed by atoms with Crippen LogP contribution < -0.4 is 10.6 Å². The molecule has 0 aliphatic heterocycles. The summed E-state index contributed by atoms with van der Waals surface area (Å²) in [5.41, 5.74) is 1.52. The molecule has 2 aromatic carbocycles. The van der Waals surface area contributed by atoms with Crippen LogP contribution in [0, 0.1) is 11.3 Å². The Kier molecular flexibility index (Phi) is 5.71. The number of carbonyl (C=O) groups is 1. The summed E-state index contributed by atoms with van der Waals surface area (Å²) in [5, 5.41) is 15.5. The predicted molar refractivity (Wildman–Crippen MR) is 97.7 cm³/mol. The summed E-state index contributed by atoms with van der Waals surface area (Å²) in [7, 11) is 0. The Morgan fingerprint density at radius 3 is 2.54 bits per heavy atom.